The van der Waals surface area contributed by atoms with Gasteiger partial charge in [-0.15, -0.1) is 0 Å². The van der Waals surface area contributed by atoms with Gasteiger partial charge in [0.2, 0.25) is 5.91 Å². The Morgan fingerprint density at radius 3 is 2.38 bits per heavy atom. The van der Waals surface area contributed by atoms with E-state index in [1.165, 1.54) is 0 Å². The first-order chi connectivity index (χ1) is 11.6. The minimum absolute atomic E-state index is 0.00351. The SMILES string of the molecule is COc1ccc(CNC(=O)CN(C)Cc2cccc(OC)c2)cc1. The van der Waals surface area contributed by atoms with Gasteiger partial charge in [0.1, 0.15) is 11.5 Å². The third-order valence-corrected chi connectivity index (χ3v) is 3.65. The van der Waals surface area contributed by atoms with Crippen LogP contribution >= 0.6 is 0 Å². The normalized spacial score (nSPS) is 10.5. The Labute approximate surface area is 143 Å². The van der Waals surface area contributed by atoms with Gasteiger partial charge in [-0.2, -0.15) is 0 Å². The molecule has 0 aliphatic rings. The second-order valence-electron chi connectivity index (χ2n) is 5.65. The summed E-state index contributed by atoms with van der Waals surface area (Å²) < 4.78 is 10.3. The Morgan fingerprint density at radius 1 is 1.00 bits per heavy atom. The van der Waals surface area contributed by atoms with Gasteiger partial charge in [-0.25, -0.2) is 0 Å². The molecule has 0 spiro atoms. The van der Waals surface area contributed by atoms with Crippen LogP contribution in [0.3, 0.4) is 0 Å². The van der Waals surface area contributed by atoms with Gasteiger partial charge in [-0.1, -0.05) is 24.3 Å². The molecule has 0 heterocycles. The van der Waals surface area contributed by atoms with Gasteiger partial charge < -0.3 is 14.8 Å². The molecule has 1 N–H and O–H groups in total. The standard InChI is InChI=1S/C19H24N2O3/c1-21(13-16-5-4-6-18(11-16)24-3)14-19(22)20-12-15-7-9-17(23-2)10-8-15/h4-11H,12-14H2,1-3H3,(H,20,22). The first-order valence-corrected chi connectivity index (χ1v) is 7.82. The molecule has 5 nitrogen and oxygen atoms in total. The Balaban J connectivity index is 1.78. The number of hydrogen-bond donors (Lipinski definition) is 1. The zero-order valence-electron chi connectivity index (χ0n) is 14.4. The van der Waals surface area contributed by atoms with Gasteiger partial charge in [0.15, 0.2) is 0 Å². The van der Waals surface area contributed by atoms with Crippen molar-refractivity contribution in [3.8, 4) is 11.5 Å². The molecular weight excluding hydrogens is 304 g/mol. The molecule has 0 unspecified atom stereocenters. The van der Waals surface area contributed by atoms with Gasteiger partial charge >= 0.3 is 0 Å². The Kier molecular flexibility index (Phi) is 6.63. The molecule has 1 amide bonds. The molecule has 0 saturated carbocycles. The summed E-state index contributed by atoms with van der Waals surface area (Å²) in [7, 11) is 5.21. The van der Waals surface area contributed by atoms with Crippen LogP contribution in [0, 0.1) is 0 Å². The molecule has 0 bridgehead atoms. The number of amides is 1. The first-order valence-electron chi connectivity index (χ1n) is 7.82. The van der Waals surface area contributed by atoms with E-state index >= 15 is 0 Å². The average Bonchev–Trinajstić information content (AvgIpc) is 2.60. The topological polar surface area (TPSA) is 50.8 Å². The van der Waals surface area contributed by atoms with Crippen molar-refractivity contribution in [2.24, 2.45) is 0 Å². The average molecular weight is 328 g/mol. The number of methoxy groups -OCH3 is 2. The summed E-state index contributed by atoms with van der Waals surface area (Å²) in [5.74, 6) is 1.63. The van der Waals surface area contributed by atoms with Crippen LogP contribution in [-0.2, 0) is 17.9 Å². The second-order valence-corrected chi connectivity index (χ2v) is 5.65. The minimum atomic E-state index is -0.00351. The molecule has 0 saturated heterocycles. The highest BCUT2D eigenvalue weighted by Gasteiger charge is 2.07. The Morgan fingerprint density at radius 2 is 1.71 bits per heavy atom. The van der Waals surface area contributed by atoms with Crippen LogP contribution in [0.25, 0.3) is 0 Å². The molecule has 24 heavy (non-hydrogen) atoms. The monoisotopic (exact) mass is 328 g/mol. The maximum atomic E-state index is 12.1. The molecule has 0 fully saturated rings. The highest BCUT2D eigenvalue weighted by Crippen LogP contribution is 2.14. The third kappa shape index (κ3) is 5.59. The molecule has 0 aliphatic carbocycles. The molecule has 0 aromatic heterocycles. The van der Waals surface area contributed by atoms with Gasteiger partial charge in [-0.3, -0.25) is 9.69 Å². The molecule has 0 radical (unpaired) electrons. The van der Waals surface area contributed by atoms with Gasteiger partial charge in [0.05, 0.1) is 20.8 Å². The zero-order valence-corrected chi connectivity index (χ0v) is 14.4. The fourth-order valence-electron chi connectivity index (χ4n) is 2.38. The lowest BCUT2D eigenvalue weighted by Crippen LogP contribution is -2.34. The summed E-state index contributed by atoms with van der Waals surface area (Å²) in [5, 5.41) is 2.93. The van der Waals surface area contributed by atoms with Crippen LogP contribution in [-0.4, -0.2) is 38.6 Å². The highest BCUT2D eigenvalue weighted by atomic mass is 16.5. The maximum Gasteiger partial charge on any atom is 0.234 e. The molecule has 128 valence electrons. The van der Waals surface area contributed by atoms with E-state index in [1.54, 1.807) is 14.2 Å². The van der Waals surface area contributed by atoms with Crippen molar-refractivity contribution in [2.45, 2.75) is 13.1 Å². The van der Waals surface area contributed by atoms with Crippen LogP contribution in [0.5, 0.6) is 11.5 Å². The van der Waals surface area contributed by atoms with Crippen molar-refractivity contribution >= 4 is 5.91 Å². The fourth-order valence-corrected chi connectivity index (χ4v) is 2.38. The number of rotatable bonds is 8. The number of nitrogens with one attached hydrogen (secondary N) is 1. The van der Waals surface area contributed by atoms with Crippen LogP contribution in [0.1, 0.15) is 11.1 Å². The summed E-state index contributed by atoms with van der Waals surface area (Å²) in [4.78, 5) is 14.0. The number of carbonyl (C=O) groups is 1. The molecule has 2 aromatic carbocycles. The molecule has 2 aromatic rings. The maximum absolute atomic E-state index is 12.1. The van der Waals surface area contributed by atoms with Crippen LogP contribution < -0.4 is 14.8 Å². The Hall–Kier alpha value is -2.53. The summed E-state index contributed by atoms with van der Waals surface area (Å²) in [5.41, 5.74) is 2.15. The number of likely N-dealkylation sites (N-methyl/N-ethyl adjacent to an activating group) is 1. The van der Waals surface area contributed by atoms with Gasteiger partial charge in [0, 0.05) is 13.1 Å². The summed E-state index contributed by atoms with van der Waals surface area (Å²) in [6.45, 7) is 1.54. The van der Waals surface area contributed by atoms with Crippen molar-refractivity contribution in [3.05, 3.63) is 59.7 Å². The largest absolute Gasteiger partial charge is 0.497 e. The fraction of sp³-hybridized carbons (Fsp3) is 0.316. The van der Waals surface area contributed by atoms with E-state index in [2.05, 4.69) is 5.32 Å². The van der Waals surface area contributed by atoms with E-state index in [0.29, 0.717) is 19.6 Å². The Bertz CT molecular complexity index is 656. The van der Waals surface area contributed by atoms with Gasteiger partial charge in [0.25, 0.3) is 0 Å². The zero-order chi connectivity index (χ0) is 17.4. The summed E-state index contributed by atoms with van der Waals surface area (Å²) >= 11 is 0. The van der Waals surface area contributed by atoms with E-state index in [9.17, 15) is 4.79 Å². The molecular formula is C19H24N2O3. The highest BCUT2D eigenvalue weighted by molar-refractivity contribution is 5.77. The third-order valence-electron chi connectivity index (χ3n) is 3.65. The lowest BCUT2D eigenvalue weighted by atomic mass is 10.2. The number of carbonyl (C=O) groups excluding carboxylic acids is 1. The van der Waals surface area contributed by atoms with E-state index in [4.69, 9.17) is 9.47 Å². The van der Waals surface area contributed by atoms with Crippen molar-refractivity contribution in [1.82, 2.24) is 10.2 Å². The minimum Gasteiger partial charge on any atom is -0.497 e. The number of nitrogens with zero attached hydrogens (tertiary/aromatic N) is 1. The smallest absolute Gasteiger partial charge is 0.234 e. The summed E-state index contributed by atoms with van der Waals surface area (Å²) in [6, 6.07) is 15.5. The molecule has 2 rings (SSSR count). The second kappa shape index (κ2) is 8.93. The predicted molar refractivity (Wildman–Crippen MR) is 94.2 cm³/mol. The number of hydrogen-bond acceptors (Lipinski definition) is 4. The molecule has 0 atom stereocenters. The number of benzene rings is 2. The van der Waals surface area contributed by atoms with E-state index in [-0.39, 0.29) is 5.91 Å². The van der Waals surface area contributed by atoms with Crippen LogP contribution in [0.2, 0.25) is 0 Å². The van der Waals surface area contributed by atoms with Crippen LogP contribution in [0.15, 0.2) is 48.5 Å². The van der Waals surface area contributed by atoms with Crippen molar-refractivity contribution in [2.75, 3.05) is 27.8 Å². The quantitative estimate of drug-likeness (QED) is 0.809. The molecule has 5 heteroatoms. The lowest BCUT2D eigenvalue weighted by Gasteiger charge is -2.17. The van der Waals surface area contributed by atoms with E-state index in [0.717, 1.165) is 22.6 Å². The molecule has 0 aliphatic heterocycles. The van der Waals surface area contributed by atoms with Crippen molar-refractivity contribution < 1.29 is 14.3 Å². The number of ether oxygens (including phenoxy) is 2. The van der Waals surface area contributed by atoms with E-state index in [1.807, 2.05) is 60.5 Å². The van der Waals surface area contributed by atoms with E-state index < -0.39 is 0 Å². The summed E-state index contributed by atoms with van der Waals surface area (Å²) in [6.07, 6.45) is 0. The van der Waals surface area contributed by atoms with Crippen molar-refractivity contribution in [3.63, 3.8) is 0 Å². The van der Waals surface area contributed by atoms with Crippen LogP contribution in [0.4, 0.5) is 0 Å². The van der Waals surface area contributed by atoms with Gasteiger partial charge in [-0.05, 0) is 42.4 Å². The predicted octanol–water partition coefficient (Wildman–Crippen LogP) is 2.45. The lowest BCUT2D eigenvalue weighted by molar-refractivity contribution is -0.122. The van der Waals surface area contributed by atoms with Crippen molar-refractivity contribution in [1.29, 1.82) is 0 Å². The first kappa shape index (κ1) is 17.8.